The fourth-order valence-electron chi connectivity index (χ4n) is 2.79. The number of para-hydroxylation sites is 1. The highest BCUT2D eigenvalue weighted by Gasteiger charge is 2.20. The van der Waals surface area contributed by atoms with Crippen molar-refractivity contribution in [2.45, 2.75) is 12.6 Å². The summed E-state index contributed by atoms with van der Waals surface area (Å²) in [5.41, 5.74) is -0.410. The van der Waals surface area contributed by atoms with Crippen LogP contribution < -0.4 is 21.3 Å². The first-order chi connectivity index (χ1) is 12.4. The van der Waals surface area contributed by atoms with E-state index in [4.69, 9.17) is 4.74 Å². The third-order valence-corrected chi connectivity index (χ3v) is 4.15. The molecule has 9 heteroatoms. The zero-order chi connectivity index (χ0) is 18.8. The van der Waals surface area contributed by atoms with E-state index >= 15 is 0 Å². The van der Waals surface area contributed by atoms with Crippen LogP contribution in [0.2, 0.25) is 0 Å². The van der Waals surface area contributed by atoms with Crippen molar-refractivity contribution in [1.82, 2.24) is 18.7 Å². The van der Waals surface area contributed by atoms with Crippen molar-refractivity contribution >= 4 is 17.1 Å². The minimum Gasteiger partial charge on any atom is -0.491 e. The molecule has 0 bridgehead atoms. The van der Waals surface area contributed by atoms with E-state index in [1.165, 1.54) is 11.6 Å². The maximum absolute atomic E-state index is 12.6. The van der Waals surface area contributed by atoms with E-state index in [-0.39, 0.29) is 24.3 Å². The van der Waals surface area contributed by atoms with E-state index < -0.39 is 17.4 Å². The summed E-state index contributed by atoms with van der Waals surface area (Å²) in [5.74, 6) is 1.03. The molecule has 3 aromatic rings. The number of aliphatic hydroxyl groups excluding tert-OH is 1. The van der Waals surface area contributed by atoms with Gasteiger partial charge in [-0.3, -0.25) is 13.9 Å². The highest BCUT2D eigenvalue weighted by atomic mass is 16.5. The van der Waals surface area contributed by atoms with Crippen molar-refractivity contribution < 1.29 is 9.84 Å². The molecule has 0 spiro atoms. The minimum atomic E-state index is -0.873. The van der Waals surface area contributed by atoms with Gasteiger partial charge in [0.1, 0.15) is 18.5 Å². The molecule has 0 saturated carbocycles. The molecule has 0 unspecified atom stereocenters. The molecule has 1 aromatic carbocycles. The van der Waals surface area contributed by atoms with Crippen LogP contribution in [0.5, 0.6) is 5.75 Å². The Balaban J connectivity index is 1.94. The molecule has 0 radical (unpaired) electrons. The molecule has 9 nitrogen and oxygen atoms in total. The van der Waals surface area contributed by atoms with Gasteiger partial charge in [-0.05, 0) is 12.1 Å². The molecular weight excluding hydrogens is 338 g/mol. The van der Waals surface area contributed by atoms with Crippen molar-refractivity contribution in [3.63, 3.8) is 0 Å². The van der Waals surface area contributed by atoms with Gasteiger partial charge < -0.3 is 19.7 Å². The second-order valence-corrected chi connectivity index (χ2v) is 5.95. The van der Waals surface area contributed by atoms with E-state index in [0.29, 0.717) is 11.7 Å². The Kier molecular flexibility index (Phi) is 4.81. The fraction of sp³-hybridized carbons (Fsp3) is 0.353. The van der Waals surface area contributed by atoms with Crippen LogP contribution in [0.25, 0.3) is 11.2 Å². The lowest BCUT2D eigenvalue weighted by Crippen LogP contribution is -2.38. The first kappa shape index (κ1) is 17.7. The largest absolute Gasteiger partial charge is 0.491 e. The predicted octanol–water partition coefficient (Wildman–Crippen LogP) is -0.0847. The Labute approximate surface area is 149 Å². The molecule has 3 rings (SSSR count). The Morgan fingerprint density at radius 2 is 1.88 bits per heavy atom. The van der Waals surface area contributed by atoms with Gasteiger partial charge in [-0.25, -0.2) is 4.79 Å². The van der Waals surface area contributed by atoms with Gasteiger partial charge in [0.15, 0.2) is 11.2 Å². The van der Waals surface area contributed by atoms with Crippen LogP contribution in [0.15, 0.2) is 39.9 Å². The molecule has 2 aromatic heterocycles. The van der Waals surface area contributed by atoms with Gasteiger partial charge in [0.25, 0.3) is 5.56 Å². The van der Waals surface area contributed by atoms with Gasteiger partial charge in [-0.2, -0.15) is 4.98 Å². The van der Waals surface area contributed by atoms with Crippen molar-refractivity contribution in [2.75, 3.05) is 19.0 Å². The number of benzene rings is 1. The summed E-state index contributed by atoms with van der Waals surface area (Å²) < 4.78 is 9.45. The number of anilines is 1. The molecule has 0 aliphatic heterocycles. The normalized spacial score (nSPS) is 12.3. The molecule has 138 valence electrons. The summed E-state index contributed by atoms with van der Waals surface area (Å²) in [4.78, 5) is 29.0. The SMILES string of the molecule is CNc1nc2c(c(=O)n(C)c(=O)n2C)n1C[C@H](O)COc1ccccc1. The lowest BCUT2D eigenvalue weighted by Gasteiger charge is -2.15. The molecule has 0 amide bonds. The van der Waals surface area contributed by atoms with Crippen molar-refractivity contribution in [3.8, 4) is 5.75 Å². The van der Waals surface area contributed by atoms with Crippen LogP contribution in [0.1, 0.15) is 0 Å². The highest BCUT2D eigenvalue weighted by Crippen LogP contribution is 2.16. The third-order valence-electron chi connectivity index (χ3n) is 4.15. The summed E-state index contributed by atoms with van der Waals surface area (Å²) in [6, 6.07) is 9.15. The number of imidazole rings is 1. The van der Waals surface area contributed by atoms with Gasteiger partial charge in [0.05, 0.1) is 6.54 Å². The molecule has 0 fully saturated rings. The van der Waals surface area contributed by atoms with Gasteiger partial charge >= 0.3 is 5.69 Å². The van der Waals surface area contributed by atoms with Crippen LogP contribution in [0, 0.1) is 0 Å². The van der Waals surface area contributed by atoms with Gasteiger partial charge in [0.2, 0.25) is 5.95 Å². The van der Waals surface area contributed by atoms with Gasteiger partial charge in [0, 0.05) is 21.1 Å². The van der Waals surface area contributed by atoms with Gasteiger partial charge in [-0.1, -0.05) is 18.2 Å². The number of hydrogen-bond acceptors (Lipinski definition) is 6. The smallest absolute Gasteiger partial charge is 0.332 e. The molecule has 0 aliphatic rings. The molecular formula is C17H21N5O4. The average Bonchev–Trinajstić information content (AvgIpc) is 3.02. The zero-order valence-electron chi connectivity index (χ0n) is 14.8. The molecule has 0 aliphatic carbocycles. The quantitative estimate of drug-likeness (QED) is 0.638. The van der Waals surface area contributed by atoms with E-state index in [1.54, 1.807) is 30.8 Å². The Morgan fingerprint density at radius 1 is 1.19 bits per heavy atom. The Morgan fingerprint density at radius 3 is 2.54 bits per heavy atom. The van der Waals surface area contributed by atoms with E-state index in [2.05, 4.69) is 10.3 Å². The number of fused-ring (bicyclic) bond motifs is 1. The molecule has 2 heterocycles. The highest BCUT2D eigenvalue weighted by molar-refractivity contribution is 5.74. The maximum atomic E-state index is 12.6. The van der Waals surface area contributed by atoms with E-state index in [1.807, 2.05) is 18.2 Å². The Hall–Kier alpha value is -3.07. The number of hydrogen-bond donors (Lipinski definition) is 2. The van der Waals surface area contributed by atoms with Crippen LogP contribution in [0.3, 0.4) is 0 Å². The number of aromatic nitrogens is 4. The Bertz CT molecular complexity index is 1040. The lowest BCUT2D eigenvalue weighted by molar-refractivity contribution is 0.0938. The first-order valence-electron chi connectivity index (χ1n) is 8.14. The van der Waals surface area contributed by atoms with Gasteiger partial charge in [-0.15, -0.1) is 0 Å². The molecule has 0 saturated heterocycles. The third kappa shape index (κ3) is 3.08. The summed E-state index contributed by atoms with van der Waals surface area (Å²) in [6.07, 6.45) is -0.873. The molecule has 1 atom stereocenters. The fourth-order valence-corrected chi connectivity index (χ4v) is 2.79. The summed E-state index contributed by atoms with van der Waals surface area (Å²) in [5, 5.41) is 13.3. The second kappa shape index (κ2) is 7.04. The maximum Gasteiger partial charge on any atom is 0.332 e. The zero-order valence-corrected chi connectivity index (χ0v) is 14.8. The van der Waals surface area contributed by atoms with Crippen molar-refractivity contribution in [1.29, 1.82) is 0 Å². The van der Waals surface area contributed by atoms with Crippen molar-refractivity contribution in [2.24, 2.45) is 14.1 Å². The van der Waals surface area contributed by atoms with Crippen molar-refractivity contribution in [3.05, 3.63) is 51.2 Å². The van der Waals surface area contributed by atoms with Crippen LogP contribution in [-0.2, 0) is 20.6 Å². The minimum absolute atomic E-state index is 0.0545. The summed E-state index contributed by atoms with van der Waals surface area (Å²) in [7, 11) is 4.62. The predicted molar refractivity (Wildman–Crippen MR) is 97.7 cm³/mol. The topological polar surface area (TPSA) is 103 Å². The first-order valence-corrected chi connectivity index (χ1v) is 8.14. The standard InChI is InChI=1S/C17H21N5O4/c1-18-16-19-14-13(15(24)21(3)17(25)20(14)2)22(16)9-11(23)10-26-12-7-5-4-6-8-12/h4-8,11,23H,9-10H2,1-3H3,(H,18,19)/t11-/m0/s1. The van der Waals surface area contributed by atoms with E-state index in [0.717, 1.165) is 4.57 Å². The molecule has 2 N–H and O–H groups in total. The van der Waals surface area contributed by atoms with Crippen LogP contribution in [-0.4, -0.2) is 43.6 Å². The van der Waals surface area contributed by atoms with Crippen LogP contribution >= 0.6 is 0 Å². The number of nitrogens with zero attached hydrogens (tertiary/aromatic N) is 4. The summed E-state index contributed by atoms with van der Waals surface area (Å²) in [6.45, 7) is 0.145. The number of aliphatic hydroxyl groups is 1. The van der Waals surface area contributed by atoms with Crippen LogP contribution in [0.4, 0.5) is 5.95 Å². The lowest BCUT2D eigenvalue weighted by atomic mass is 10.3. The second-order valence-electron chi connectivity index (χ2n) is 5.95. The average molecular weight is 359 g/mol. The monoisotopic (exact) mass is 359 g/mol. The summed E-state index contributed by atoms with van der Waals surface area (Å²) >= 11 is 0. The number of ether oxygens (including phenoxy) is 1. The number of nitrogens with one attached hydrogen (secondary N) is 1. The number of rotatable bonds is 6. The van der Waals surface area contributed by atoms with E-state index in [9.17, 15) is 14.7 Å². The molecule has 26 heavy (non-hydrogen) atoms. The number of aryl methyl sites for hydroxylation is 1.